The van der Waals surface area contributed by atoms with Crippen LogP contribution in [0.25, 0.3) is 10.8 Å². The van der Waals surface area contributed by atoms with Crippen LogP contribution in [-0.4, -0.2) is 19.1 Å². The van der Waals surface area contributed by atoms with Gasteiger partial charge in [-0.05, 0) is 23.9 Å². The Labute approximate surface area is 110 Å². The van der Waals surface area contributed by atoms with Crippen molar-refractivity contribution in [3.63, 3.8) is 0 Å². The maximum absolute atomic E-state index is 5.99. The smallest absolute Gasteiger partial charge is 0.0447 e. The SMILES string of the molecule is NC1CCN(c2ccc(Br)c3ccccc23)C1. The predicted octanol–water partition coefficient (Wildman–Crippen LogP) is 3.14. The van der Waals surface area contributed by atoms with E-state index in [4.69, 9.17) is 5.73 Å². The third-order valence-corrected chi connectivity index (χ3v) is 4.10. The maximum Gasteiger partial charge on any atom is 0.0447 e. The molecule has 0 radical (unpaired) electrons. The number of benzene rings is 2. The highest BCUT2D eigenvalue weighted by Gasteiger charge is 2.20. The fourth-order valence-corrected chi connectivity index (χ4v) is 3.01. The van der Waals surface area contributed by atoms with Crippen LogP contribution in [0.15, 0.2) is 40.9 Å². The Kier molecular flexibility index (Phi) is 2.81. The Morgan fingerprint density at radius 2 is 1.88 bits per heavy atom. The second-order valence-electron chi connectivity index (χ2n) is 4.61. The van der Waals surface area contributed by atoms with E-state index in [1.54, 1.807) is 0 Å². The first-order valence-corrected chi connectivity index (χ1v) is 6.73. The van der Waals surface area contributed by atoms with Gasteiger partial charge in [-0.3, -0.25) is 0 Å². The molecule has 2 N–H and O–H groups in total. The van der Waals surface area contributed by atoms with Crippen molar-refractivity contribution in [3.05, 3.63) is 40.9 Å². The molecule has 0 bridgehead atoms. The quantitative estimate of drug-likeness (QED) is 0.874. The summed E-state index contributed by atoms with van der Waals surface area (Å²) in [6, 6.07) is 13.1. The summed E-state index contributed by atoms with van der Waals surface area (Å²) in [6.07, 6.45) is 1.09. The first-order valence-electron chi connectivity index (χ1n) is 5.93. The van der Waals surface area contributed by atoms with Crippen LogP contribution in [0.2, 0.25) is 0 Å². The van der Waals surface area contributed by atoms with Crippen molar-refractivity contribution < 1.29 is 0 Å². The maximum atomic E-state index is 5.99. The molecule has 0 spiro atoms. The summed E-state index contributed by atoms with van der Waals surface area (Å²) in [5.74, 6) is 0. The summed E-state index contributed by atoms with van der Waals surface area (Å²) in [4.78, 5) is 2.39. The van der Waals surface area contributed by atoms with Gasteiger partial charge in [0.2, 0.25) is 0 Å². The third kappa shape index (κ3) is 1.94. The van der Waals surface area contributed by atoms with E-state index < -0.39 is 0 Å². The molecule has 1 saturated heterocycles. The molecule has 3 heteroatoms. The van der Waals surface area contributed by atoms with E-state index >= 15 is 0 Å². The van der Waals surface area contributed by atoms with Crippen LogP contribution in [-0.2, 0) is 0 Å². The lowest BCUT2D eigenvalue weighted by atomic mass is 10.1. The monoisotopic (exact) mass is 290 g/mol. The lowest BCUT2D eigenvalue weighted by Crippen LogP contribution is -2.26. The number of rotatable bonds is 1. The van der Waals surface area contributed by atoms with Gasteiger partial charge in [0.15, 0.2) is 0 Å². The summed E-state index contributed by atoms with van der Waals surface area (Å²) in [6.45, 7) is 2.03. The molecule has 1 aliphatic rings. The minimum absolute atomic E-state index is 0.317. The van der Waals surface area contributed by atoms with Gasteiger partial charge in [0, 0.05) is 34.7 Å². The molecule has 0 aliphatic carbocycles. The van der Waals surface area contributed by atoms with E-state index in [-0.39, 0.29) is 0 Å². The number of hydrogen-bond acceptors (Lipinski definition) is 2. The van der Waals surface area contributed by atoms with Crippen molar-refractivity contribution in [1.82, 2.24) is 0 Å². The van der Waals surface area contributed by atoms with Gasteiger partial charge in [-0.1, -0.05) is 40.2 Å². The Bertz CT molecular complexity index is 553. The van der Waals surface area contributed by atoms with Gasteiger partial charge in [0.05, 0.1) is 0 Å². The Balaban J connectivity index is 2.14. The van der Waals surface area contributed by atoms with Crippen molar-refractivity contribution in [3.8, 4) is 0 Å². The van der Waals surface area contributed by atoms with Gasteiger partial charge in [-0.2, -0.15) is 0 Å². The molecule has 0 amide bonds. The predicted molar refractivity (Wildman–Crippen MR) is 76.5 cm³/mol. The summed E-state index contributed by atoms with van der Waals surface area (Å²) in [5.41, 5.74) is 7.29. The molecule has 1 atom stereocenters. The second-order valence-corrected chi connectivity index (χ2v) is 5.46. The van der Waals surface area contributed by atoms with Gasteiger partial charge in [0.1, 0.15) is 0 Å². The molecular formula is C14H15BrN2. The van der Waals surface area contributed by atoms with Crippen LogP contribution < -0.4 is 10.6 Å². The lowest BCUT2D eigenvalue weighted by molar-refractivity contribution is 0.752. The lowest BCUT2D eigenvalue weighted by Gasteiger charge is -2.20. The number of anilines is 1. The molecular weight excluding hydrogens is 276 g/mol. The van der Waals surface area contributed by atoms with Gasteiger partial charge >= 0.3 is 0 Å². The third-order valence-electron chi connectivity index (χ3n) is 3.41. The Morgan fingerprint density at radius 1 is 1.12 bits per heavy atom. The number of nitrogens with two attached hydrogens (primary N) is 1. The van der Waals surface area contributed by atoms with E-state index in [2.05, 4.69) is 57.2 Å². The van der Waals surface area contributed by atoms with Crippen LogP contribution >= 0.6 is 15.9 Å². The second kappa shape index (κ2) is 4.31. The fourth-order valence-electron chi connectivity index (χ4n) is 2.53. The van der Waals surface area contributed by atoms with Crippen molar-refractivity contribution in [1.29, 1.82) is 0 Å². The van der Waals surface area contributed by atoms with Crippen LogP contribution in [0.5, 0.6) is 0 Å². The highest BCUT2D eigenvalue weighted by atomic mass is 79.9. The minimum Gasteiger partial charge on any atom is -0.369 e. The molecule has 3 rings (SSSR count). The number of fused-ring (bicyclic) bond motifs is 1. The molecule has 88 valence electrons. The topological polar surface area (TPSA) is 29.3 Å². The van der Waals surface area contributed by atoms with E-state index in [9.17, 15) is 0 Å². The summed E-state index contributed by atoms with van der Waals surface area (Å²) in [5, 5.41) is 2.57. The minimum atomic E-state index is 0.317. The zero-order valence-corrected chi connectivity index (χ0v) is 11.2. The average molecular weight is 291 g/mol. The summed E-state index contributed by atoms with van der Waals surface area (Å²) < 4.78 is 1.15. The summed E-state index contributed by atoms with van der Waals surface area (Å²) >= 11 is 3.61. The summed E-state index contributed by atoms with van der Waals surface area (Å²) in [7, 11) is 0. The van der Waals surface area contributed by atoms with Crippen LogP contribution in [0, 0.1) is 0 Å². The molecule has 0 aromatic heterocycles. The molecule has 0 saturated carbocycles. The van der Waals surface area contributed by atoms with Crippen LogP contribution in [0.3, 0.4) is 0 Å². The van der Waals surface area contributed by atoms with E-state index in [1.165, 1.54) is 16.5 Å². The number of hydrogen-bond donors (Lipinski definition) is 1. The van der Waals surface area contributed by atoms with E-state index in [1.807, 2.05) is 0 Å². The number of halogens is 1. The normalized spacial score (nSPS) is 20.1. The molecule has 2 nitrogen and oxygen atoms in total. The first kappa shape index (κ1) is 11.1. The first-order chi connectivity index (χ1) is 8.25. The van der Waals surface area contributed by atoms with Crippen molar-refractivity contribution in [2.24, 2.45) is 5.73 Å². The molecule has 1 heterocycles. The van der Waals surface area contributed by atoms with E-state index in [0.717, 1.165) is 24.0 Å². The largest absolute Gasteiger partial charge is 0.369 e. The van der Waals surface area contributed by atoms with Gasteiger partial charge < -0.3 is 10.6 Å². The number of nitrogens with zero attached hydrogens (tertiary/aromatic N) is 1. The van der Waals surface area contributed by atoms with Crippen LogP contribution in [0.1, 0.15) is 6.42 Å². The zero-order chi connectivity index (χ0) is 11.8. The zero-order valence-electron chi connectivity index (χ0n) is 9.57. The Hall–Kier alpha value is -1.06. The van der Waals surface area contributed by atoms with Crippen molar-refractivity contribution in [2.75, 3.05) is 18.0 Å². The molecule has 1 fully saturated rings. The average Bonchev–Trinajstić information content (AvgIpc) is 2.77. The van der Waals surface area contributed by atoms with Gasteiger partial charge in [0.25, 0.3) is 0 Å². The van der Waals surface area contributed by atoms with Gasteiger partial charge in [-0.15, -0.1) is 0 Å². The highest BCUT2D eigenvalue weighted by molar-refractivity contribution is 9.10. The molecule has 17 heavy (non-hydrogen) atoms. The van der Waals surface area contributed by atoms with Gasteiger partial charge in [-0.25, -0.2) is 0 Å². The Morgan fingerprint density at radius 3 is 2.59 bits per heavy atom. The molecule has 1 aliphatic heterocycles. The van der Waals surface area contributed by atoms with Crippen LogP contribution in [0.4, 0.5) is 5.69 Å². The van der Waals surface area contributed by atoms with E-state index in [0.29, 0.717) is 6.04 Å². The standard InChI is InChI=1S/C14H15BrN2/c15-13-5-6-14(17-8-7-10(16)9-17)12-4-2-1-3-11(12)13/h1-6,10H,7-9,16H2. The molecule has 2 aromatic carbocycles. The van der Waals surface area contributed by atoms with Crippen molar-refractivity contribution in [2.45, 2.75) is 12.5 Å². The van der Waals surface area contributed by atoms with Crippen molar-refractivity contribution >= 4 is 32.4 Å². The highest BCUT2D eigenvalue weighted by Crippen LogP contribution is 2.33. The molecule has 2 aromatic rings. The fraction of sp³-hybridized carbons (Fsp3) is 0.286. The molecule has 1 unspecified atom stereocenters.